The average Bonchev–Trinajstić information content (AvgIpc) is 3.04. The number of para-hydroxylation sites is 1. The summed E-state index contributed by atoms with van der Waals surface area (Å²) in [5.74, 6) is 6.24. The predicted octanol–water partition coefficient (Wildman–Crippen LogP) is 3.69. The van der Waals surface area contributed by atoms with Crippen molar-refractivity contribution in [3.05, 3.63) is 54.1 Å². The zero-order valence-electron chi connectivity index (χ0n) is 15.7. The first-order valence-corrected chi connectivity index (χ1v) is 9.52. The highest BCUT2D eigenvalue weighted by atomic mass is 32.2. The Morgan fingerprint density at radius 1 is 1.17 bits per heavy atom. The number of ether oxygens (including phenoxy) is 1. The number of benzene rings is 2. The maximum Gasteiger partial charge on any atom is 0.387 e. The van der Waals surface area contributed by atoms with Gasteiger partial charge in [0.1, 0.15) is 5.75 Å². The predicted molar refractivity (Wildman–Crippen MR) is 107 cm³/mol. The SMILES string of the molecule is Cc1ccccc1NC(=O)C(C)Sc1nnc(-c2ccc(OC(F)F)cc2)n1N. The molecule has 1 aromatic heterocycles. The van der Waals surface area contributed by atoms with Gasteiger partial charge in [-0.25, -0.2) is 4.68 Å². The lowest BCUT2D eigenvalue weighted by Gasteiger charge is -2.13. The van der Waals surface area contributed by atoms with Crippen LogP contribution in [0.15, 0.2) is 53.7 Å². The summed E-state index contributed by atoms with van der Waals surface area (Å²) in [5, 5.41) is 10.8. The van der Waals surface area contributed by atoms with Crippen molar-refractivity contribution in [1.82, 2.24) is 14.9 Å². The molecule has 1 amide bonds. The Kier molecular flexibility index (Phi) is 6.32. The molecule has 1 heterocycles. The van der Waals surface area contributed by atoms with Crippen LogP contribution < -0.4 is 15.9 Å². The zero-order valence-corrected chi connectivity index (χ0v) is 16.5. The van der Waals surface area contributed by atoms with Crippen molar-refractivity contribution in [3.8, 4) is 17.1 Å². The zero-order chi connectivity index (χ0) is 21.0. The smallest absolute Gasteiger partial charge is 0.387 e. The summed E-state index contributed by atoms with van der Waals surface area (Å²) in [6.45, 7) is 0.756. The first kappa shape index (κ1) is 20.6. The van der Waals surface area contributed by atoms with Gasteiger partial charge in [0.25, 0.3) is 0 Å². The summed E-state index contributed by atoms with van der Waals surface area (Å²) in [6, 6.07) is 13.4. The van der Waals surface area contributed by atoms with E-state index in [1.165, 1.54) is 16.8 Å². The number of halogens is 2. The summed E-state index contributed by atoms with van der Waals surface area (Å²) in [6.07, 6.45) is 0. The van der Waals surface area contributed by atoms with E-state index in [-0.39, 0.29) is 11.7 Å². The van der Waals surface area contributed by atoms with Crippen LogP contribution in [0.5, 0.6) is 5.75 Å². The Balaban J connectivity index is 1.69. The van der Waals surface area contributed by atoms with Crippen LogP contribution in [0.2, 0.25) is 0 Å². The second-order valence-electron chi connectivity index (χ2n) is 6.14. The van der Waals surface area contributed by atoms with Crippen LogP contribution in [0.3, 0.4) is 0 Å². The molecule has 7 nitrogen and oxygen atoms in total. The normalized spacial score (nSPS) is 12.0. The molecule has 3 rings (SSSR count). The fourth-order valence-corrected chi connectivity index (χ4v) is 3.27. The van der Waals surface area contributed by atoms with Crippen LogP contribution in [0, 0.1) is 6.92 Å². The first-order valence-electron chi connectivity index (χ1n) is 8.64. The summed E-state index contributed by atoms with van der Waals surface area (Å²) in [5.41, 5.74) is 2.28. The lowest BCUT2D eigenvalue weighted by atomic mass is 10.2. The number of hydrogen-bond acceptors (Lipinski definition) is 6. The minimum atomic E-state index is -2.89. The number of nitrogens with two attached hydrogens (primary N) is 1. The first-order chi connectivity index (χ1) is 13.8. The lowest BCUT2D eigenvalue weighted by molar-refractivity contribution is -0.115. The number of aromatic nitrogens is 3. The van der Waals surface area contributed by atoms with E-state index in [2.05, 4.69) is 20.3 Å². The Morgan fingerprint density at radius 3 is 2.52 bits per heavy atom. The lowest BCUT2D eigenvalue weighted by Crippen LogP contribution is -2.24. The molecular formula is C19H19F2N5O2S. The molecule has 3 N–H and O–H groups in total. The van der Waals surface area contributed by atoms with Gasteiger partial charge in [0.2, 0.25) is 11.1 Å². The standard InChI is InChI=1S/C19H19F2N5O2S/c1-11-5-3-4-6-15(11)23-17(27)12(2)29-19-25-24-16(26(19)22)13-7-9-14(10-8-13)28-18(20)21/h3-10,12,18H,22H2,1-2H3,(H,23,27). The summed E-state index contributed by atoms with van der Waals surface area (Å²) < 4.78 is 30.1. The van der Waals surface area contributed by atoms with Crippen LogP contribution in [0.4, 0.5) is 14.5 Å². The molecule has 0 radical (unpaired) electrons. The van der Waals surface area contributed by atoms with Gasteiger partial charge in [-0.3, -0.25) is 4.79 Å². The number of hydrogen-bond donors (Lipinski definition) is 2. The van der Waals surface area contributed by atoms with Gasteiger partial charge in [-0.15, -0.1) is 10.2 Å². The van der Waals surface area contributed by atoms with E-state index in [9.17, 15) is 13.6 Å². The van der Waals surface area contributed by atoms with Gasteiger partial charge in [-0.05, 0) is 49.7 Å². The van der Waals surface area contributed by atoms with E-state index in [1.54, 1.807) is 19.1 Å². The second kappa shape index (κ2) is 8.91. The number of carbonyl (C=O) groups is 1. The molecule has 3 aromatic rings. The van der Waals surface area contributed by atoms with Crippen molar-refractivity contribution in [1.29, 1.82) is 0 Å². The molecule has 0 aliphatic carbocycles. The summed E-state index contributed by atoms with van der Waals surface area (Å²) in [4.78, 5) is 12.5. The number of anilines is 1. The molecule has 0 saturated heterocycles. The van der Waals surface area contributed by atoms with Gasteiger partial charge < -0.3 is 15.9 Å². The largest absolute Gasteiger partial charge is 0.435 e. The third-order valence-electron chi connectivity index (χ3n) is 4.06. The fraction of sp³-hybridized carbons (Fsp3) is 0.211. The van der Waals surface area contributed by atoms with E-state index < -0.39 is 11.9 Å². The number of rotatable bonds is 7. The Labute approximate surface area is 170 Å². The number of nitrogens with zero attached hydrogens (tertiary/aromatic N) is 3. The Bertz CT molecular complexity index is 995. The molecule has 10 heteroatoms. The van der Waals surface area contributed by atoms with Crippen molar-refractivity contribution in [2.45, 2.75) is 30.9 Å². The van der Waals surface area contributed by atoms with Gasteiger partial charge in [-0.1, -0.05) is 30.0 Å². The van der Waals surface area contributed by atoms with Crippen molar-refractivity contribution < 1.29 is 18.3 Å². The van der Waals surface area contributed by atoms with E-state index >= 15 is 0 Å². The highest BCUT2D eigenvalue weighted by Crippen LogP contribution is 2.27. The van der Waals surface area contributed by atoms with Crippen molar-refractivity contribution >= 4 is 23.4 Å². The second-order valence-corrected chi connectivity index (χ2v) is 7.45. The number of nitrogen functional groups attached to an aromatic ring is 1. The molecule has 0 fully saturated rings. The minimum absolute atomic E-state index is 0.0305. The third kappa shape index (κ3) is 5.02. The summed E-state index contributed by atoms with van der Waals surface area (Å²) >= 11 is 1.16. The van der Waals surface area contributed by atoms with Crippen LogP contribution >= 0.6 is 11.8 Å². The van der Waals surface area contributed by atoms with Gasteiger partial charge in [-0.2, -0.15) is 8.78 Å². The van der Waals surface area contributed by atoms with Gasteiger partial charge in [0.05, 0.1) is 5.25 Å². The molecule has 0 saturated carbocycles. The molecule has 0 aliphatic rings. The Hall–Kier alpha value is -3.14. The van der Waals surface area contributed by atoms with Crippen LogP contribution in [0.1, 0.15) is 12.5 Å². The van der Waals surface area contributed by atoms with Crippen LogP contribution in [-0.4, -0.2) is 32.6 Å². The topological polar surface area (TPSA) is 95.1 Å². The number of alkyl halides is 2. The number of amides is 1. The third-order valence-corrected chi connectivity index (χ3v) is 5.11. The van der Waals surface area contributed by atoms with E-state index in [1.807, 2.05) is 31.2 Å². The minimum Gasteiger partial charge on any atom is -0.435 e. The van der Waals surface area contributed by atoms with Crippen molar-refractivity contribution in [2.75, 3.05) is 11.2 Å². The van der Waals surface area contributed by atoms with E-state index in [0.29, 0.717) is 16.5 Å². The van der Waals surface area contributed by atoms with E-state index in [4.69, 9.17) is 5.84 Å². The summed E-state index contributed by atoms with van der Waals surface area (Å²) in [7, 11) is 0. The van der Waals surface area contributed by atoms with Gasteiger partial charge in [0.15, 0.2) is 5.82 Å². The highest BCUT2D eigenvalue weighted by molar-refractivity contribution is 8.00. The molecule has 0 bridgehead atoms. The Morgan fingerprint density at radius 2 is 1.86 bits per heavy atom. The van der Waals surface area contributed by atoms with Gasteiger partial charge in [0, 0.05) is 11.3 Å². The van der Waals surface area contributed by atoms with Crippen LogP contribution in [0.25, 0.3) is 11.4 Å². The van der Waals surface area contributed by atoms with Crippen molar-refractivity contribution in [2.24, 2.45) is 0 Å². The maximum absolute atomic E-state index is 12.5. The molecule has 2 aromatic carbocycles. The van der Waals surface area contributed by atoms with Gasteiger partial charge >= 0.3 is 6.61 Å². The number of carbonyl (C=O) groups excluding carboxylic acids is 1. The van der Waals surface area contributed by atoms with Crippen molar-refractivity contribution in [3.63, 3.8) is 0 Å². The number of nitrogens with one attached hydrogen (secondary N) is 1. The fourth-order valence-electron chi connectivity index (χ4n) is 2.50. The molecule has 152 valence electrons. The van der Waals surface area contributed by atoms with Crippen LogP contribution in [-0.2, 0) is 4.79 Å². The quantitative estimate of drug-likeness (QED) is 0.448. The molecule has 1 unspecified atom stereocenters. The molecule has 0 aliphatic heterocycles. The van der Waals surface area contributed by atoms with E-state index in [0.717, 1.165) is 23.0 Å². The number of thioether (sulfide) groups is 1. The molecular weight excluding hydrogens is 400 g/mol. The molecule has 1 atom stereocenters. The average molecular weight is 419 g/mol. The monoisotopic (exact) mass is 419 g/mol. The molecule has 29 heavy (non-hydrogen) atoms. The number of aryl methyl sites for hydroxylation is 1. The molecule has 0 spiro atoms. The highest BCUT2D eigenvalue weighted by Gasteiger charge is 2.20. The maximum atomic E-state index is 12.5.